The molecular weight excluding hydrogens is 359 g/mol. The second-order valence-electron chi connectivity index (χ2n) is 4.93. The Morgan fingerprint density at radius 1 is 1.33 bits per heavy atom. The lowest BCUT2D eigenvalue weighted by molar-refractivity contribution is 0.145. The van der Waals surface area contributed by atoms with Crippen molar-refractivity contribution in [3.8, 4) is 0 Å². The average Bonchev–Trinajstić information content (AvgIpc) is 2.53. The van der Waals surface area contributed by atoms with Crippen molar-refractivity contribution < 1.29 is 8.78 Å². The van der Waals surface area contributed by atoms with Crippen molar-refractivity contribution in [3.63, 3.8) is 0 Å². The van der Waals surface area contributed by atoms with Crippen molar-refractivity contribution in [1.29, 1.82) is 0 Å². The van der Waals surface area contributed by atoms with E-state index in [0.29, 0.717) is 10.0 Å². The summed E-state index contributed by atoms with van der Waals surface area (Å²) in [6, 6.07) is 6.08. The van der Waals surface area contributed by atoms with E-state index in [4.69, 9.17) is 28.9 Å². The molecule has 1 aromatic heterocycles. The summed E-state index contributed by atoms with van der Waals surface area (Å²) < 4.78 is 25.2. The number of halogens is 4. The quantitative estimate of drug-likeness (QED) is 0.615. The first-order chi connectivity index (χ1) is 11.4. The standard InChI is InChI=1S/C15H15Cl2F2N5/c1-8(10-3-2-9(16)6-11(10)17)23-15(20)22-7-13-21-5-4-12(24-13)14(18)19/h2-6,8,14H,7H2,1H3,(H3,20,22,23). The summed E-state index contributed by atoms with van der Waals surface area (Å²) in [7, 11) is 0. The smallest absolute Gasteiger partial charge is 0.280 e. The lowest BCUT2D eigenvalue weighted by Crippen LogP contribution is -2.34. The number of guanidine groups is 1. The molecule has 0 aliphatic rings. The predicted octanol–water partition coefficient (Wildman–Crippen LogP) is 3.89. The number of aromatic nitrogens is 2. The molecule has 128 valence electrons. The van der Waals surface area contributed by atoms with Gasteiger partial charge in [0.15, 0.2) is 5.96 Å². The van der Waals surface area contributed by atoms with E-state index in [-0.39, 0.29) is 30.1 Å². The number of hydrogen-bond acceptors (Lipinski definition) is 3. The molecule has 24 heavy (non-hydrogen) atoms. The van der Waals surface area contributed by atoms with E-state index in [1.54, 1.807) is 18.2 Å². The van der Waals surface area contributed by atoms with Crippen LogP contribution in [0.4, 0.5) is 8.78 Å². The average molecular weight is 374 g/mol. The summed E-state index contributed by atoms with van der Waals surface area (Å²) in [5, 5.41) is 4.00. The van der Waals surface area contributed by atoms with E-state index in [1.807, 2.05) is 6.92 Å². The molecule has 0 saturated carbocycles. The van der Waals surface area contributed by atoms with Crippen LogP contribution < -0.4 is 11.1 Å². The van der Waals surface area contributed by atoms with Gasteiger partial charge in [0.05, 0.1) is 6.04 Å². The van der Waals surface area contributed by atoms with E-state index >= 15 is 0 Å². The summed E-state index contributed by atoms with van der Waals surface area (Å²) in [4.78, 5) is 11.7. The normalized spacial score (nSPS) is 13.2. The maximum absolute atomic E-state index is 12.6. The molecule has 2 aromatic rings. The van der Waals surface area contributed by atoms with E-state index < -0.39 is 6.43 Å². The monoisotopic (exact) mass is 373 g/mol. The molecule has 9 heteroatoms. The first kappa shape index (κ1) is 18.4. The van der Waals surface area contributed by atoms with Crippen LogP contribution in [-0.4, -0.2) is 15.9 Å². The highest BCUT2D eigenvalue weighted by Gasteiger charge is 2.12. The van der Waals surface area contributed by atoms with Gasteiger partial charge in [0.25, 0.3) is 6.43 Å². The third-order valence-corrected chi connectivity index (χ3v) is 3.70. The molecule has 0 bridgehead atoms. The van der Waals surface area contributed by atoms with Crippen LogP contribution in [0.2, 0.25) is 10.0 Å². The van der Waals surface area contributed by atoms with Gasteiger partial charge in [-0.25, -0.2) is 23.7 Å². The molecule has 0 spiro atoms. The molecule has 1 heterocycles. The van der Waals surface area contributed by atoms with Crippen molar-refractivity contribution in [2.24, 2.45) is 10.7 Å². The Hall–Kier alpha value is -1.99. The minimum Gasteiger partial charge on any atom is -0.370 e. The Kier molecular flexibility index (Phi) is 6.28. The molecule has 2 rings (SSSR count). The van der Waals surface area contributed by atoms with Crippen LogP contribution in [0.25, 0.3) is 0 Å². The second-order valence-corrected chi connectivity index (χ2v) is 5.78. The minimum absolute atomic E-state index is 0.0134. The number of hydrogen-bond donors (Lipinski definition) is 2. The number of aliphatic imine (C=N–C) groups is 1. The van der Waals surface area contributed by atoms with Crippen LogP contribution >= 0.6 is 23.2 Å². The molecular formula is C15H15Cl2F2N5. The van der Waals surface area contributed by atoms with Crippen LogP contribution in [0.15, 0.2) is 35.5 Å². The topological polar surface area (TPSA) is 76.2 Å². The Labute approximate surface area is 147 Å². The van der Waals surface area contributed by atoms with Gasteiger partial charge in [-0.15, -0.1) is 0 Å². The minimum atomic E-state index is -2.65. The highest BCUT2D eigenvalue weighted by molar-refractivity contribution is 6.35. The Morgan fingerprint density at radius 3 is 2.75 bits per heavy atom. The molecule has 0 aliphatic carbocycles. The lowest BCUT2D eigenvalue weighted by Gasteiger charge is -2.16. The Bertz CT molecular complexity index is 740. The lowest BCUT2D eigenvalue weighted by atomic mass is 10.1. The number of benzene rings is 1. The number of nitrogens with two attached hydrogens (primary N) is 1. The summed E-state index contributed by atoms with van der Waals surface area (Å²) in [5.74, 6) is 0.286. The van der Waals surface area contributed by atoms with Crippen molar-refractivity contribution >= 4 is 29.2 Å². The van der Waals surface area contributed by atoms with E-state index in [9.17, 15) is 8.78 Å². The second kappa shape index (κ2) is 8.21. The number of nitrogens with zero attached hydrogens (tertiary/aromatic N) is 3. The zero-order valence-corrected chi connectivity index (χ0v) is 14.2. The van der Waals surface area contributed by atoms with E-state index in [2.05, 4.69) is 20.3 Å². The Balaban J connectivity index is 2.02. The molecule has 0 amide bonds. The fraction of sp³-hybridized carbons (Fsp3) is 0.267. The van der Waals surface area contributed by atoms with Gasteiger partial charge in [0.1, 0.15) is 18.1 Å². The zero-order chi connectivity index (χ0) is 17.7. The molecule has 5 nitrogen and oxygen atoms in total. The highest BCUT2D eigenvalue weighted by atomic mass is 35.5. The summed E-state index contributed by atoms with van der Waals surface area (Å²) >= 11 is 12.0. The van der Waals surface area contributed by atoms with Crippen molar-refractivity contribution in [1.82, 2.24) is 15.3 Å². The molecule has 0 fully saturated rings. The fourth-order valence-electron chi connectivity index (χ4n) is 1.97. The van der Waals surface area contributed by atoms with Crippen LogP contribution in [0.3, 0.4) is 0 Å². The van der Waals surface area contributed by atoms with Crippen LogP contribution in [0.1, 0.15) is 36.5 Å². The van der Waals surface area contributed by atoms with Crippen molar-refractivity contribution in [2.45, 2.75) is 25.9 Å². The van der Waals surface area contributed by atoms with Crippen LogP contribution in [0.5, 0.6) is 0 Å². The van der Waals surface area contributed by atoms with Gasteiger partial charge < -0.3 is 11.1 Å². The number of rotatable bonds is 5. The third-order valence-electron chi connectivity index (χ3n) is 3.13. The predicted molar refractivity (Wildman–Crippen MR) is 90.3 cm³/mol. The largest absolute Gasteiger partial charge is 0.370 e. The summed E-state index contributed by atoms with van der Waals surface area (Å²) in [6.45, 7) is 1.84. The maximum atomic E-state index is 12.6. The SMILES string of the molecule is CC(NC(N)=NCc1nccc(C(F)F)n1)c1ccc(Cl)cc1Cl. The molecule has 1 aromatic carbocycles. The highest BCUT2D eigenvalue weighted by Crippen LogP contribution is 2.25. The molecule has 0 aliphatic heterocycles. The molecule has 1 unspecified atom stereocenters. The Morgan fingerprint density at radius 2 is 2.08 bits per heavy atom. The summed E-state index contributed by atoms with van der Waals surface area (Å²) in [5.41, 5.74) is 6.26. The zero-order valence-electron chi connectivity index (χ0n) is 12.7. The van der Waals surface area contributed by atoms with Crippen LogP contribution in [0, 0.1) is 0 Å². The fourth-order valence-corrected chi connectivity index (χ4v) is 2.54. The van der Waals surface area contributed by atoms with Gasteiger partial charge in [-0.3, -0.25) is 0 Å². The molecule has 0 saturated heterocycles. The molecule has 0 radical (unpaired) electrons. The van der Waals surface area contributed by atoms with E-state index in [0.717, 1.165) is 11.6 Å². The number of nitrogens with one attached hydrogen (secondary N) is 1. The van der Waals surface area contributed by atoms with Gasteiger partial charge in [-0.1, -0.05) is 29.3 Å². The number of alkyl halides is 2. The maximum Gasteiger partial charge on any atom is 0.280 e. The van der Waals surface area contributed by atoms with Gasteiger partial charge in [0.2, 0.25) is 0 Å². The van der Waals surface area contributed by atoms with Gasteiger partial charge in [-0.05, 0) is 30.7 Å². The third kappa shape index (κ3) is 5.01. The van der Waals surface area contributed by atoms with Gasteiger partial charge in [0, 0.05) is 16.2 Å². The van der Waals surface area contributed by atoms with Gasteiger partial charge >= 0.3 is 0 Å². The summed E-state index contributed by atoms with van der Waals surface area (Å²) in [6.07, 6.45) is -1.39. The van der Waals surface area contributed by atoms with Crippen LogP contribution in [-0.2, 0) is 6.54 Å². The molecule has 3 N–H and O–H groups in total. The molecule has 1 atom stereocenters. The first-order valence-electron chi connectivity index (χ1n) is 6.98. The first-order valence-corrected chi connectivity index (χ1v) is 7.73. The van der Waals surface area contributed by atoms with Crippen molar-refractivity contribution in [2.75, 3.05) is 0 Å². The van der Waals surface area contributed by atoms with Crippen molar-refractivity contribution in [3.05, 3.63) is 57.6 Å². The van der Waals surface area contributed by atoms with Gasteiger partial charge in [-0.2, -0.15) is 0 Å². The van der Waals surface area contributed by atoms with E-state index in [1.165, 1.54) is 6.20 Å².